The van der Waals surface area contributed by atoms with E-state index in [1.54, 1.807) is 4.68 Å². The van der Waals surface area contributed by atoms with Gasteiger partial charge in [0.15, 0.2) is 0 Å². The molecule has 1 amide bonds. The Hall–Kier alpha value is -4.42. The fourth-order valence-corrected chi connectivity index (χ4v) is 5.50. The van der Waals surface area contributed by atoms with E-state index in [-0.39, 0.29) is 11.9 Å². The summed E-state index contributed by atoms with van der Waals surface area (Å²) < 4.78 is 3.83. The van der Waals surface area contributed by atoms with Crippen LogP contribution in [0.2, 0.25) is 0 Å². The van der Waals surface area contributed by atoms with Crippen molar-refractivity contribution in [2.24, 2.45) is 7.05 Å². The Balaban J connectivity index is 1.27. The summed E-state index contributed by atoms with van der Waals surface area (Å²) in [6, 6.07) is 35.6. The molecule has 6 nitrogen and oxygen atoms in total. The smallest absolute Gasteiger partial charge is 0.272 e. The fraction of sp³-hybridized carbons (Fsp3) is 0.212. The SMILES string of the molecule is Cc1ccc(-n2nc(-c3cccn3C)cc2C(=O)N2CCN(C(c3ccccc3)c3ccccc3)CC2)cc1. The van der Waals surface area contributed by atoms with Gasteiger partial charge in [-0.2, -0.15) is 5.10 Å². The van der Waals surface area contributed by atoms with Crippen LogP contribution in [0.3, 0.4) is 0 Å². The van der Waals surface area contributed by atoms with E-state index in [2.05, 4.69) is 84.6 Å². The van der Waals surface area contributed by atoms with E-state index < -0.39 is 0 Å². The number of hydrogen-bond donors (Lipinski definition) is 0. The molecule has 6 heteroatoms. The lowest BCUT2D eigenvalue weighted by molar-refractivity contribution is 0.0589. The molecule has 0 spiro atoms. The third kappa shape index (κ3) is 5.03. The number of carbonyl (C=O) groups is 1. The second-order valence-electron chi connectivity index (χ2n) is 10.2. The van der Waals surface area contributed by atoms with E-state index in [4.69, 9.17) is 5.10 Å². The molecule has 1 fully saturated rings. The molecule has 6 rings (SSSR count). The molecular formula is C33H33N5O. The largest absolute Gasteiger partial charge is 0.349 e. The first-order valence-electron chi connectivity index (χ1n) is 13.5. The predicted octanol–water partition coefficient (Wildman–Crippen LogP) is 5.73. The number of benzene rings is 3. The Morgan fingerprint density at radius 3 is 1.95 bits per heavy atom. The van der Waals surface area contributed by atoms with Crippen LogP contribution in [-0.2, 0) is 7.05 Å². The van der Waals surface area contributed by atoms with Crippen LogP contribution >= 0.6 is 0 Å². The van der Waals surface area contributed by atoms with Gasteiger partial charge < -0.3 is 9.47 Å². The predicted molar refractivity (Wildman–Crippen MR) is 155 cm³/mol. The molecule has 1 aliphatic heterocycles. The maximum atomic E-state index is 14.0. The van der Waals surface area contributed by atoms with Crippen molar-refractivity contribution in [2.75, 3.05) is 26.2 Å². The van der Waals surface area contributed by atoms with E-state index >= 15 is 0 Å². The van der Waals surface area contributed by atoms with Crippen molar-refractivity contribution in [2.45, 2.75) is 13.0 Å². The molecule has 1 saturated heterocycles. The zero-order valence-corrected chi connectivity index (χ0v) is 22.4. The lowest BCUT2D eigenvalue weighted by Crippen LogP contribution is -2.50. The number of amides is 1. The number of piperazine rings is 1. The minimum Gasteiger partial charge on any atom is -0.349 e. The van der Waals surface area contributed by atoms with E-state index in [1.165, 1.54) is 16.7 Å². The summed E-state index contributed by atoms with van der Waals surface area (Å²) in [5.74, 6) is 0.0131. The molecule has 0 unspecified atom stereocenters. The maximum absolute atomic E-state index is 14.0. The summed E-state index contributed by atoms with van der Waals surface area (Å²) in [6.07, 6.45) is 2.00. The summed E-state index contributed by atoms with van der Waals surface area (Å²) in [7, 11) is 2.00. The lowest BCUT2D eigenvalue weighted by Gasteiger charge is -2.39. The molecule has 5 aromatic rings. The topological polar surface area (TPSA) is 46.3 Å². The highest BCUT2D eigenvalue weighted by Crippen LogP contribution is 2.30. The van der Waals surface area contributed by atoms with Gasteiger partial charge in [0.05, 0.1) is 17.4 Å². The second-order valence-corrected chi connectivity index (χ2v) is 10.2. The van der Waals surface area contributed by atoms with Gasteiger partial charge in [-0.15, -0.1) is 0 Å². The van der Waals surface area contributed by atoms with E-state index in [0.29, 0.717) is 18.8 Å². The van der Waals surface area contributed by atoms with Crippen molar-refractivity contribution in [3.8, 4) is 17.1 Å². The maximum Gasteiger partial charge on any atom is 0.272 e. The molecule has 3 aromatic carbocycles. The van der Waals surface area contributed by atoms with Crippen LogP contribution in [0.5, 0.6) is 0 Å². The number of hydrogen-bond acceptors (Lipinski definition) is 3. The number of aromatic nitrogens is 3. The Labute approximate surface area is 229 Å². The van der Waals surface area contributed by atoms with Crippen molar-refractivity contribution in [1.82, 2.24) is 24.1 Å². The van der Waals surface area contributed by atoms with Gasteiger partial charge in [-0.1, -0.05) is 78.4 Å². The Morgan fingerprint density at radius 2 is 1.38 bits per heavy atom. The van der Waals surface area contributed by atoms with Crippen LogP contribution in [0.1, 0.15) is 33.2 Å². The molecule has 3 heterocycles. The summed E-state index contributed by atoms with van der Waals surface area (Å²) in [5.41, 5.74) is 6.96. The molecule has 196 valence electrons. The highest BCUT2D eigenvalue weighted by Gasteiger charge is 2.30. The quantitative estimate of drug-likeness (QED) is 0.290. The molecule has 2 aromatic heterocycles. The van der Waals surface area contributed by atoms with Crippen molar-refractivity contribution in [3.05, 3.63) is 132 Å². The summed E-state index contributed by atoms with van der Waals surface area (Å²) in [5, 5.41) is 4.89. The standard InChI is InChI=1S/C33H33N5O/c1-25-15-17-28(18-16-25)38-31(24-29(34-38)30-14-9-19-35(30)2)33(39)37-22-20-36(21-23-37)32(26-10-5-3-6-11-26)27-12-7-4-8-13-27/h3-19,24,32H,20-23H2,1-2H3. The van der Waals surface area contributed by atoms with Crippen LogP contribution in [0.25, 0.3) is 17.1 Å². The van der Waals surface area contributed by atoms with Crippen molar-refractivity contribution in [1.29, 1.82) is 0 Å². The number of rotatable bonds is 6. The Bertz CT molecular complexity index is 1510. The third-order valence-corrected chi connectivity index (χ3v) is 7.61. The van der Waals surface area contributed by atoms with E-state index in [9.17, 15) is 4.79 Å². The van der Waals surface area contributed by atoms with Crippen LogP contribution in [-0.4, -0.2) is 56.2 Å². The number of carbonyl (C=O) groups excluding carboxylic acids is 1. The molecule has 0 atom stereocenters. The van der Waals surface area contributed by atoms with Gasteiger partial charge in [0.2, 0.25) is 0 Å². The zero-order valence-electron chi connectivity index (χ0n) is 22.4. The number of aryl methyl sites for hydroxylation is 2. The van der Waals surface area contributed by atoms with Crippen LogP contribution in [0.4, 0.5) is 0 Å². The number of nitrogens with zero attached hydrogens (tertiary/aromatic N) is 5. The second kappa shape index (κ2) is 10.8. The molecule has 39 heavy (non-hydrogen) atoms. The Kier molecular flexibility index (Phi) is 6.86. The molecule has 0 N–H and O–H groups in total. The van der Waals surface area contributed by atoms with Crippen LogP contribution in [0, 0.1) is 6.92 Å². The Morgan fingerprint density at radius 1 is 0.769 bits per heavy atom. The first-order chi connectivity index (χ1) is 19.1. The van der Waals surface area contributed by atoms with Crippen molar-refractivity contribution in [3.63, 3.8) is 0 Å². The monoisotopic (exact) mass is 515 g/mol. The van der Waals surface area contributed by atoms with Gasteiger partial charge in [-0.3, -0.25) is 9.69 Å². The zero-order chi connectivity index (χ0) is 26.8. The first kappa shape index (κ1) is 24.9. The molecule has 0 bridgehead atoms. The summed E-state index contributed by atoms with van der Waals surface area (Å²) in [4.78, 5) is 18.4. The third-order valence-electron chi connectivity index (χ3n) is 7.61. The van der Waals surface area contributed by atoms with E-state index in [1.807, 2.05) is 53.0 Å². The normalized spacial score (nSPS) is 14.2. The average Bonchev–Trinajstić information content (AvgIpc) is 3.61. The van der Waals surface area contributed by atoms with E-state index in [0.717, 1.165) is 30.2 Å². The lowest BCUT2D eigenvalue weighted by atomic mass is 9.96. The first-order valence-corrected chi connectivity index (χ1v) is 13.5. The van der Waals surface area contributed by atoms with Gasteiger partial charge in [0.1, 0.15) is 11.4 Å². The molecule has 0 saturated carbocycles. The minimum atomic E-state index is 0.0131. The highest BCUT2D eigenvalue weighted by molar-refractivity contribution is 5.94. The van der Waals surface area contributed by atoms with Crippen LogP contribution in [0.15, 0.2) is 109 Å². The minimum absolute atomic E-state index is 0.0131. The highest BCUT2D eigenvalue weighted by atomic mass is 16.2. The van der Waals surface area contributed by atoms with Gasteiger partial charge in [0.25, 0.3) is 5.91 Å². The molecule has 0 aliphatic carbocycles. The molecular weight excluding hydrogens is 482 g/mol. The van der Waals surface area contributed by atoms with Gasteiger partial charge in [0, 0.05) is 39.4 Å². The van der Waals surface area contributed by atoms with Gasteiger partial charge in [-0.05, 0) is 48.4 Å². The fourth-order valence-electron chi connectivity index (χ4n) is 5.50. The van der Waals surface area contributed by atoms with Crippen molar-refractivity contribution >= 4 is 5.91 Å². The summed E-state index contributed by atoms with van der Waals surface area (Å²) in [6.45, 7) is 4.97. The average molecular weight is 516 g/mol. The van der Waals surface area contributed by atoms with Crippen LogP contribution < -0.4 is 0 Å². The molecule has 0 radical (unpaired) electrons. The van der Waals surface area contributed by atoms with Crippen molar-refractivity contribution < 1.29 is 4.79 Å². The van der Waals surface area contributed by atoms with Gasteiger partial charge in [-0.25, -0.2) is 4.68 Å². The van der Waals surface area contributed by atoms with Gasteiger partial charge >= 0.3 is 0 Å². The summed E-state index contributed by atoms with van der Waals surface area (Å²) >= 11 is 0. The molecule has 1 aliphatic rings.